The molecular formula is C17H22N2O4. The molecule has 6 heteroatoms. The van der Waals surface area contributed by atoms with Gasteiger partial charge in [-0.15, -0.1) is 0 Å². The molecule has 1 fully saturated rings. The Labute approximate surface area is 136 Å². The third-order valence-corrected chi connectivity index (χ3v) is 4.09. The van der Waals surface area contributed by atoms with Crippen LogP contribution in [0.4, 0.5) is 5.69 Å². The fourth-order valence-corrected chi connectivity index (χ4v) is 2.78. The molecular weight excluding hydrogens is 296 g/mol. The minimum absolute atomic E-state index is 0.198. The molecule has 0 saturated heterocycles. The predicted molar refractivity (Wildman–Crippen MR) is 85.5 cm³/mol. The Kier molecular flexibility index (Phi) is 6.24. The summed E-state index contributed by atoms with van der Waals surface area (Å²) in [5.41, 5.74) is 1.34. The fourth-order valence-electron chi connectivity index (χ4n) is 2.78. The third kappa shape index (κ3) is 4.86. The SMILES string of the molecule is COCCOc1ccc(C#N)cc1NC1CCC(C(=O)O)CC1. The van der Waals surface area contributed by atoms with Crippen LogP contribution in [-0.2, 0) is 9.53 Å². The molecule has 0 amide bonds. The van der Waals surface area contributed by atoms with Crippen LogP contribution < -0.4 is 10.1 Å². The normalized spacial score (nSPS) is 20.5. The first kappa shape index (κ1) is 17.1. The van der Waals surface area contributed by atoms with E-state index in [2.05, 4.69) is 11.4 Å². The van der Waals surface area contributed by atoms with Gasteiger partial charge in [0.25, 0.3) is 0 Å². The molecule has 0 atom stereocenters. The lowest BCUT2D eigenvalue weighted by atomic mass is 9.86. The molecule has 23 heavy (non-hydrogen) atoms. The Hall–Kier alpha value is -2.26. The maximum Gasteiger partial charge on any atom is 0.306 e. The number of anilines is 1. The van der Waals surface area contributed by atoms with Gasteiger partial charge in [0.2, 0.25) is 0 Å². The summed E-state index contributed by atoms with van der Waals surface area (Å²) in [5.74, 6) is -0.268. The summed E-state index contributed by atoms with van der Waals surface area (Å²) in [6, 6.07) is 7.58. The van der Waals surface area contributed by atoms with Gasteiger partial charge < -0.3 is 19.9 Å². The van der Waals surface area contributed by atoms with E-state index in [1.165, 1.54) is 0 Å². The molecule has 1 saturated carbocycles. The number of ether oxygens (including phenoxy) is 2. The van der Waals surface area contributed by atoms with E-state index in [0.29, 0.717) is 37.4 Å². The number of aliphatic carboxylic acids is 1. The number of benzene rings is 1. The van der Waals surface area contributed by atoms with Crippen molar-refractivity contribution in [1.29, 1.82) is 5.26 Å². The molecule has 0 unspecified atom stereocenters. The number of carboxylic acid groups (broad SMARTS) is 1. The summed E-state index contributed by atoms with van der Waals surface area (Å²) in [6.07, 6.45) is 2.94. The summed E-state index contributed by atoms with van der Waals surface area (Å²) in [4.78, 5) is 11.0. The number of nitriles is 1. The first-order valence-corrected chi connectivity index (χ1v) is 7.79. The van der Waals surface area contributed by atoms with Gasteiger partial charge in [-0.1, -0.05) is 0 Å². The van der Waals surface area contributed by atoms with Crippen LogP contribution in [-0.4, -0.2) is 37.4 Å². The smallest absolute Gasteiger partial charge is 0.306 e. The van der Waals surface area contributed by atoms with E-state index in [1.54, 1.807) is 25.3 Å². The van der Waals surface area contributed by atoms with Gasteiger partial charge in [0.15, 0.2) is 0 Å². The van der Waals surface area contributed by atoms with Crippen molar-refractivity contribution in [2.75, 3.05) is 25.6 Å². The largest absolute Gasteiger partial charge is 0.489 e. The van der Waals surface area contributed by atoms with Crippen molar-refractivity contribution in [1.82, 2.24) is 0 Å². The van der Waals surface area contributed by atoms with Gasteiger partial charge in [0.1, 0.15) is 12.4 Å². The molecule has 2 rings (SSSR count). The Morgan fingerprint density at radius 2 is 2.09 bits per heavy atom. The zero-order valence-electron chi connectivity index (χ0n) is 13.2. The molecule has 0 heterocycles. The molecule has 2 N–H and O–H groups in total. The molecule has 1 aliphatic rings. The van der Waals surface area contributed by atoms with Gasteiger partial charge in [0.05, 0.1) is 29.8 Å². The van der Waals surface area contributed by atoms with E-state index < -0.39 is 5.97 Å². The van der Waals surface area contributed by atoms with Gasteiger partial charge in [-0.3, -0.25) is 4.79 Å². The zero-order chi connectivity index (χ0) is 16.7. The number of hydrogen-bond donors (Lipinski definition) is 2. The number of nitrogens with one attached hydrogen (secondary N) is 1. The van der Waals surface area contributed by atoms with Gasteiger partial charge in [-0.25, -0.2) is 0 Å². The lowest BCUT2D eigenvalue weighted by molar-refractivity contribution is -0.142. The second-order valence-electron chi connectivity index (χ2n) is 5.70. The second-order valence-corrected chi connectivity index (χ2v) is 5.70. The first-order valence-electron chi connectivity index (χ1n) is 7.79. The maximum absolute atomic E-state index is 11.0. The zero-order valence-corrected chi connectivity index (χ0v) is 13.2. The molecule has 124 valence electrons. The van der Waals surface area contributed by atoms with Crippen LogP contribution in [0, 0.1) is 17.2 Å². The van der Waals surface area contributed by atoms with Crippen LogP contribution in [0.25, 0.3) is 0 Å². The molecule has 0 aliphatic heterocycles. The summed E-state index contributed by atoms with van der Waals surface area (Å²) in [5, 5.41) is 21.5. The number of hydrogen-bond acceptors (Lipinski definition) is 5. The van der Waals surface area contributed by atoms with E-state index in [4.69, 9.17) is 19.8 Å². The van der Waals surface area contributed by atoms with Crippen molar-refractivity contribution in [3.8, 4) is 11.8 Å². The molecule has 1 aromatic carbocycles. The highest BCUT2D eigenvalue weighted by Crippen LogP contribution is 2.31. The Bertz CT molecular complexity index is 574. The van der Waals surface area contributed by atoms with Crippen LogP contribution in [0.2, 0.25) is 0 Å². The number of nitrogens with zero attached hydrogens (tertiary/aromatic N) is 1. The first-order chi connectivity index (χ1) is 11.1. The lowest BCUT2D eigenvalue weighted by Crippen LogP contribution is -2.29. The summed E-state index contributed by atoms with van der Waals surface area (Å²) in [7, 11) is 1.61. The molecule has 0 spiro atoms. The topological polar surface area (TPSA) is 91.6 Å². The van der Waals surface area contributed by atoms with Crippen LogP contribution in [0.1, 0.15) is 31.2 Å². The fraction of sp³-hybridized carbons (Fsp3) is 0.529. The molecule has 1 aliphatic carbocycles. The van der Waals surface area contributed by atoms with Gasteiger partial charge in [-0.2, -0.15) is 5.26 Å². The van der Waals surface area contributed by atoms with E-state index in [1.807, 2.05) is 0 Å². The Morgan fingerprint density at radius 1 is 1.35 bits per heavy atom. The van der Waals surface area contributed by atoms with Crippen molar-refractivity contribution in [2.45, 2.75) is 31.7 Å². The molecule has 6 nitrogen and oxygen atoms in total. The molecule has 0 bridgehead atoms. The number of methoxy groups -OCH3 is 1. The third-order valence-electron chi connectivity index (χ3n) is 4.09. The highest BCUT2D eigenvalue weighted by Gasteiger charge is 2.26. The van der Waals surface area contributed by atoms with Crippen molar-refractivity contribution in [2.24, 2.45) is 5.92 Å². The average molecular weight is 318 g/mol. The summed E-state index contributed by atoms with van der Waals surface area (Å²) >= 11 is 0. The van der Waals surface area contributed by atoms with Crippen molar-refractivity contribution < 1.29 is 19.4 Å². The average Bonchev–Trinajstić information content (AvgIpc) is 2.56. The minimum atomic E-state index is -0.710. The van der Waals surface area contributed by atoms with Crippen molar-refractivity contribution in [3.63, 3.8) is 0 Å². The van der Waals surface area contributed by atoms with Gasteiger partial charge in [-0.05, 0) is 43.9 Å². The van der Waals surface area contributed by atoms with Crippen LogP contribution in [0.5, 0.6) is 5.75 Å². The van der Waals surface area contributed by atoms with Crippen molar-refractivity contribution >= 4 is 11.7 Å². The van der Waals surface area contributed by atoms with Gasteiger partial charge >= 0.3 is 5.97 Å². The summed E-state index contributed by atoms with van der Waals surface area (Å²) < 4.78 is 10.7. The van der Waals surface area contributed by atoms with Crippen LogP contribution >= 0.6 is 0 Å². The Balaban J connectivity index is 2.02. The summed E-state index contributed by atoms with van der Waals surface area (Å²) in [6.45, 7) is 0.923. The van der Waals surface area contributed by atoms with E-state index in [9.17, 15) is 4.79 Å². The molecule has 1 aromatic rings. The minimum Gasteiger partial charge on any atom is -0.489 e. The number of rotatable bonds is 7. The number of carbonyl (C=O) groups is 1. The predicted octanol–water partition coefficient (Wildman–Crippen LogP) is 2.64. The second kappa shape index (κ2) is 8.39. The highest BCUT2D eigenvalue weighted by molar-refractivity contribution is 5.70. The van der Waals surface area contributed by atoms with Crippen LogP contribution in [0.15, 0.2) is 18.2 Å². The van der Waals surface area contributed by atoms with E-state index in [0.717, 1.165) is 18.5 Å². The maximum atomic E-state index is 11.0. The highest BCUT2D eigenvalue weighted by atomic mass is 16.5. The molecule has 0 aromatic heterocycles. The quantitative estimate of drug-likeness (QED) is 0.751. The van der Waals surface area contributed by atoms with E-state index >= 15 is 0 Å². The lowest BCUT2D eigenvalue weighted by Gasteiger charge is -2.28. The Morgan fingerprint density at radius 3 is 2.70 bits per heavy atom. The number of carboxylic acids is 1. The molecule has 0 radical (unpaired) electrons. The van der Waals surface area contributed by atoms with Crippen molar-refractivity contribution in [3.05, 3.63) is 23.8 Å². The van der Waals surface area contributed by atoms with Gasteiger partial charge in [0, 0.05) is 13.2 Å². The monoisotopic (exact) mass is 318 g/mol. The van der Waals surface area contributed by atoms with E-state index in [-0.39, 0.29) is 12.0 Å². The standard InChI is InChI=1S/C17H22N2O4/c1-22-8-9-23-16-7-2-12(11-18)10-15(16)19-14-5-3-13(4-6-14)17(20)21/h2,7,10,13-14,19H,3-6,8-9H2,1H3,(H,20,21). The van der Waals surface area contributed by atoms with Crippen LogP contribution in [0.3, 0.4) is 0 Å².